The van der Waals surface area contributed by atoms with E-state index in [0.29, 0.717) is 18.8 Å². The number of thiazole rings is 1. The van der Waals surface area contributed by atoms with E-state index in [1.54, 1.807) is 23.5 Å². The maximum atomic E-state index is 12.9. The summed E-state index contributed by atoms with van der Waals surface area (Å²) >= 11 is 1.69. The summed E-state index contributed by atoms with van der Waals surface area (Å²) in [6, 6.07) is 17.1. The number of amides is 1. The molecule has 2 aromatic heterocycles. The normalized spacial score (nSPS) is 16.8. The van der Waals surface area contributed by atoms with Gasteiger partial charge in [0.25, 0.3) is 0 Å². The van der Waals surface area contributed by atoms with Gasteiger partial charge in [-0.2, -0.15) is 9.36 Å². The van der Waals surface area contributed by atoms with Crippen molar-refractivity contribution in [2.24, 2.45) is 0 Å². The Balaban J connectivity index is 1.31. The van der Waals surface area contributed by atoms with Gasteiger partial charge in [-0.1, -0.05) is 30.3 Å². The van der Waals surface area contributed by atoms with Gasteiger partial charge in [-0.25, -0.2) is 9.78 Å². The molecular formula is C21H20N6O2S. The van der Waals surface area contributed by atoms with E-state index in [-0.39, 0.29) is 18.4 Å². The van der Waals surface area contributed by atoms with Gasteiger partial charge in [-0.3, -0.25) is 4.79 Å². The number of para-hydroxylation sites is 2. The van der Waals surface area contributed by atoms with Gasteiger partial charge in [-0.15, -0.1) is 11.3 Å². The van der Waals surface area contributed by atoms with Crippen LogP contribution >= 0.6 is 11.3 Å². The van der Waals surface area contributed by atoms with Gasteiger partial charge in [-0.05, 0) is 47.5 Å². The third-order valence-corrected chi connectivity index (χ3v) is 6.56. The topological polar surface area (TPSA) is 85.9 Å². The smallest absolute Gasteiger partial charge is 0.340 e. The lowest BCUT2D eigenvalue weighted by Gasteiger charge is -2.31. The molecule has 1 aliphatic rings. The van der Waals surface area contributed by atoms with Crippen molar-refractivity contribution in [3.63, 3.8) is 0 Å². The molecule has 1 fully saturated rings. The van der Waals surface area contributed by atoms with Crippen molar-refractivity contribution in [1.82, 2.24) is 29.7 Å². The molecule has 152 valence electrons. The number of likely N-dealkylation sites (tertiary alicyclic amines) is 1. The highest BCUT2D eigenvalue weighted by Crippen LogP contribution is 2.32. The quantitative estimate of drug-likeness (QED) is 0.506. The summed E-state index contributed by atoms with van der Waals surface area (Å²) in [4.78, 5) is 32.1. The Morgan fingerprint density at radius 2 is 1.87 bits per heavy atom. The molecule has 0 bridgehead atoms. The monoisotopic (exact) mass is 420 g/mol. The van der Waals surface area contributed by atoms with Gasteiger partial charge in [0, 0.05) is 19.0 Å². The molecule has 1 saturated heterocycles. The molecule has 0 spiro atoms. The predicted molar refractivity (Wildman–Crippen MR) is 114 cm³/mol. The molecule has 1 atom stereocenters. The lowest BCUT2D eigenvalue weighted by Crippen LogP contribution is -2.42. The van der Waals surface area contributed by atoms with E-state index in [1.807, 2.05) is 41.3 Å². The first-order chi connectivity index (χ1) is 14.7. The van der Waals surface area contributed by atoms with E-state index in [9.17, 15) is 9.59 Å². The highest BCUT2D eigenvalue weighted by molar-refractivity contribution is 7.18. The minimum Gasteiger partial charge on any atom is -0.340 e. The number of carbonyl (C=O) groups is 1. The summed E-state index contributed by atoms with van der Waals surface area (Å²) in [6.07, 6.45) is 1.92. The summed E-state index contributed by atoms with van der Waals surface area (Å²) in [7, 11) is 0. The molecule has 0 N–H and O–H groups in total. The van der Waals surface area contributed by atoms with E-state index in [0.717, 1.165) is 28.0 Å². The Hall–Kier alpha value is -3.33. The van der Waals surface area contributed by atoms with Gasteiger partial charge in [0.2, 0.25) is 5.91 Å². The minimum atomic E-state index is -0.422. The van der Waals surface area contributed by atoms with Crippen LogP contribution in [0.2, 0.25) is 0 Å². The van der Waals surface area contributed by atoms with Crippen molar-refractivity contribution in [2.45, 2.75) is 25.3 Å². The Morgan fingerprint density at radius 1 is 1.07 bits per heavy atom. The van der Waals surface area contributed by atoms with Gasteiger partial charge in [0.15, 0.2) is 0 Å². The van der Waals surface area contributed by atoms with Crippen LogP contribution < -0.4 is 5.69 Å². The number of hydrogen-bond acceptors (Lipinski definition) is 6. The summed E-state index contributed by atoms with van der Waals surface area (Å²) in [5.74, 6) is 0.0971. The lowest BCUT2D eigenvalue weighted by molar-refractivity contribution is -0.133. The van der Waals surface area contributed by atoms with Crippen molar-refractivity contribution in [3.8, 4) is 5.69 Å². The predicted octanol–water partition coefficient (Wildman–Crippen LogP) is 2.44. The van der Waals surface area contributed by atoms with Gasteiger partial charge in [0.1, 0.15) is 6.54 Å². The highest BCUT2D eigenvalue weighted by Gasteiger charge is 2.27. The van der Waals surface area contributed by atoms with Crippen molar-refractivity contribution in [2.75, 3.05) is 13.1 Å². The number of carbonyl (C=O) groups excluding carboxylic acids is 1. The Labute approximate surface area is 176 Å². The Morgan fingerprint density at radius 3 is 2.70 bits per heavy atom. The van der Waals surface area contributed by atoms with E-state index in [2.05, 4.69) is 16.5 Å². The summed E-state index contributed by atoms with van der Waals surface area (Å²) in [5.41, 5.74) is 1.20. The van der Waals surface area contributed by atoms with Crippen LogP contribution in [0.25, 0.3) is 15.9 Å². The fourth-order valence-corrected chi connectivity index (χ4v) is 4.90. The first kappa shape index (κ1) is 18.7. The first-order valence-corrected chi connectivity index (χ1v) is 10.7. The maximum absolute atomic E-state index is 12.9. The number of rotatable bonds is 4. The third kappa shape index (κ3) is 3.52. The van der Waals surface area contributed by atoms with E-state index in [4.69, 9.17) is 4.98 Å². The van der Waals surface area contributed by atoms with Crippen LogP contribution in [0.15, 0.2) is 59.4 Å². The zero-order valence-corrected chi connectivity index (χ0v) is 17.0. The van der Waals surface area contributed by atoms with Crippen LogP contribution in [-0.2, 0) is 11.3 Å². The molecule has 30 heavy (non-hydrogen) atoms. The molecule has 5 rings (SSSR count). The molecular weight excluding hydrogens is 400 g/mol. The number of fused-ring (bicyclic) bond motifs is 1. The summed E-state index contributed by atoms with van der Waals surface area (Å²) in [6.45, 7) is 1.18. The largest absolute Gasteiger partial charge is 0.368 e. The Kier molecular flexibility index (Phi) is 4.88. The number of hydrogen-bond donors (Lipinski definition) is 0. The average molecular weight is 420 g/mol. The fraction of sp³-hybridized carbons (Fsp3) is 0.286. The molecule has 3 heterocycles. The van der Waals surface area contributed by atoms with Crippen LogP contribution in [0.3, 0.4) is 0 Å². The number of tetrazole rings is 1. The molecule has 1 amide bonds. The summed E-state index contributed by atoms with van der Waals surface area (Å²) in [5, 5.41) is 8.87. The zero-order valence-electron chi connectivity index (χ0n) is 16.2. The maximum Gasteiger partial charge on any atom is 0.368 e. The highest BCUT2D eigenvalue weighted by atomic mass is 32.1. The Bertz CT molecular complexity index is 1210. The fourth-order valence-electron chi connectivity index (χ4n) is 3.80. The zero-order chi connectivity index (χ0) is 20.5. The molecule has 4 aromatic rings. The number of nitrogens with zero attached hydrogens (tertiary/aromatic N) is 6. The number of piperidine rings is 1. The second-order valence-corrected chi connectivity index (χ2v) is 8.43. The molecule has 9 heteroatoms. The average Bonchev–Trinajstić information content (AvgIpc) is 3.38. The van der Waals surface area contributed by atoms with E-state index < -0.39 is 5.69 Å². The van der Waals surface area contributed by atoms with Crippen molar-refractivity contribution < 1.29 is 4.79 Å². The molecule has 0 aliphatic carbocycles. The van der Waals surface area contributed by atoms with Gasteiger partial charge in [0.05, 0.1) is 20.9 Å². The molecule has 0 radical (unpaired) electrons. The van der Waals surface area contributed by atoms with Gasteiger partial charge < -0.3 is 4.90 Å². The second-order valence-electron chi connectivity index (χ2n) is 7.37. The molecule has 2 aromatic carbocycles. The summed E-state index contributed by atoms with van der Waals surface area (Å²) < 4.78 is 3.49. The standard InChI is InChI=1S/C21H20N6O2S/c28-19(14-26-21(29)27(24-23-26)16-8-2-1-3-9-16)25-12-6-7-15(13-25)20-22-17-10-4-5-11-18(17)30-20/h1-5,8-11,15H,6-7,12-14H2/t15-/m0/s1. The van der Waals surface area contributed by atoms with Crippen molar-refractivity contribution >= 4 is 27.5 Å². The first-order valence-electron chi connectivity index (χ1n) is 9.90. The molecule has 1 aliphatic heterocycles. The lowest BCUT2D eigenvalue weighted by atomic mass is 9.98. The number of aromatic nitrogens is 5. The molecule has 0 unspecified atom stereocenters. The van der Waals surface area contributed by atoms with E-state index >= 15 is 0 Å². The number of benzene rings is 2. The SMILES string of the molecule is O=C(Cn1nnn(-c2ccccc2)c1=O)N1CCC[C@H](c2nc3ccccc3s2)C1. The van der Waals surface area contributed by atoms with Crippen LogP contribution in [0.4, 0.5) is 0 Å². The van der Waals surface area contributed by atoms with Gasteiger partial charge >= 0.3 is 5.69 Å². The van der Waals surface area contributed by atoms with Crippen LogP contribution in [-0.4, -0.2) is 48.7 Å². The van der Waals surface area contributed by atoms with Crippen LogP contribution in [0.1, 0.15) is 23.8 Å². The van der Waals surface area contributed by atoms with Crippen molar-refractivity contribution in [3.05, 3.63) is 70.1 Å². The van der Waals surface area contributed by atoms with E-state index in [1.165, 1.54) is 9.38 Å². The van der Waals surface area contributed by atoms with Crippen LogP contribution in [0, 0.1) is 0 Å². The molecule has 8 nitrogen and oxygen atoms in total. The molecule has 0 saturated carbocycles. The van der Waals surface area contributed by atoms with Crippen molar-refractivity contribution in [1.29, 1.82) is 0 Å². The second kappa shape index (κ2) is 7.83. The third-order valence-electron chi connectivity index (χ3n) is 5.36. The van der Waals surface area contributed by atoms with Crippen LogP contribution in [0.5, 0.6) is 0 Å². The minimum absolute atomic E-state index is 0.113.